The number of fused-ring (bicyclic) bond motifs is 1. The van der Waals surface area contributed by atoms with Crippen LogP contribution in [0.5, 0.6) is 0 Å². The second kappa shape index (κ2) is 7.38. The Morgan fingerprint density at radius 2 is 2.33 bits per heavy atom. The molecule has 2 aromatic heterocycles. The second-order valence-corrected chi connectivity index (χ2v) is 7.71. The summed E-state index contributed by atoms with van der Waals surface area (Å²) in [5.41, 5.74) is 3.97. The van der Waals surface area contributed by atoms with E-state index < -0.39 is 0 Å². The predicted octanol–water partition coefficient (Wildman–Crippen LogP) is 3.06. The highest BCUT2D eigenvalue weighted by Crippen LogP contribution is 2.22. The molecule has 130 valence electrons. The summed E-state index contributed by atoms with van der Waals surface area (Å²) < 4.78 is 2.08. The number of hydrogen-bond acceptors (Lipinski definition) is 3. The van der Waals surface area contributed by atoms with E-state index >= 15 is 0 Å². The van der Waals surface area contributed by atoms with Crippen LogP contribution >= 0.6 is 11.3 Å². The zero-order chi connectivity index (χ0) is 17.1. The molecule has 3 rings (SSSR count). The van der Waals surface area contributed by atoms with Gasteiger partial charge >= 0.3 is 0 Å². The molecule has 0 aromatic carbocycles. The molecule has 1 aliphatic rings. The summed E-state index contributed by atoms with van der Waals surface area (Å²) in [5.74, 6) is 0.875. The number of aryl methyl sites for hydroxylation is 2. The molecule has 0 aliphatic heterocycles. The normalized spacial score (nSPS) is 17.9. The van der Waals surface area contributed by atoms with Gasteiger partial charge in [-0.1, -0.05) is 0 Å². The zero-order valence-corrected chi connectivity index (χ0v) is 15.8. The standard InChI is InChI=1S/C18H27N5S/c1-12(2)23-11-14-5-6-15(9-16(14)22-23)21-18(19-4)20-10-17-13(3)7-8-24-17/h7-8,11-12,15H,5-6,9-10H2,1-4H3,(H2,19,20,21). The predicted molar refractivity (Wildman–Crippen MR) is 101 cm³/mol. The minimum absolute atomic E-state index is 0.392. The van der Waals surface area contributed by atoms with Gasteiger partial charge in [0.25, 0.3) is 0 Å². The van der Waals surface area contributed by atoms with Gasteiger partial charge in [0, 0.05) is 36.6 Å². The van der Waals surface area contributed by atoms with Gasteiger partial charge in [0.2, 0.25) is 0 Å². The number of thiophene rings is 1. The van der Waals surface area contributed by atoms with Crippen molar-refractivity contribution in [2.24, 2.45) is 4.99 Å². The minimum Gasteiger partial charge on any atom is -0.353 e. The van der Waals surface area contributed by atoms with Crippen molar-refractivity contribution in [3.8, 4) is 0 Å². The molecule has 0 fully saturated rings. The minimum atomic E-state index is 0.392. The maximum absolute atomic E-state index is 4.75. The van der Waals surface area contributed by atoms with Crippen molar-refractivity contribution < 1.29 is 0 Å². The zero-order valence-electron chi connectivity index (χ0n) is 15.0. The molecule has 2 aromatic rings. The third-order valence-corrected chi connectivity index (χ3v) is 5.60. The van der Waals surface area contributed by atoms with Gasteiger partial charge in [-0.15, -0.1) is 11.3 Å². The van der Waals surface area contributed by atoms with Crippen LogP contribution in [-0.4, -0.2) is 28.8 Å². The van der Waals surface area contributed by atoms with Gasteiger partial charge in [0.15, 0.2) is 5.96 Å². The van der Waals surface area contributed by atoms with Crippen LogP contribution in [-0.2, 0) is 19.4 Å². The molecule has 0 saturated carbocycles. The molecule has 1 aliphatic carbocycles. The molecular weight excluding hydrogens is 318 g/mol. The largest absolute Gasteiger partial charge is 0.353 e. The lowest BCUT2D eigenvalue weighted by atomic mass is 9.94. The van der Waals surface area contributed by atoms with E-state index in [0.29, 0.717) is 12.1 Å². The summed E-state index contributed by atoms with van der Waals surface area (Å²) in [5, 5.41) is 13.9. The highest BCUT2D eigenvalue weighted by Gasteiger charge is 2.23. The fraction of sp³-hybridized carbons (Fsp3) is 0.556. The molecule has 6 heteroatoms. The van der Waals surface area contributed by atoms with Crippen LogP contribution in [0.3, 0.4) is 0 Å². The van der Waals surface area contributed by atoms with Gasteiger partial charge in [0.05, 0.1) is 12.2 Å². The van der Waals surface area contributed by atoms with Gasteiger partial charge in [-0.2, -0.15) is 5.10 Å². The van der Waals surface area contributed by atoms with E-state index in [1.165, 1.54) is 21.7 Å². The van der Waals surface area contributed by atoms with E-state index in [9.17, 15) is 0 Å². The Labute approximate surface area is 148 Å². The fourth-order valence-corrected chi connectivity index (χ4v) is 3.88. The van der Waals surface area contributed by atoms with E-state index in [4.69, 9.17) is 5.10 Å². The topological polar surface area (TPSA) is 54.2 Å². The van der Waals surface area contributed by atoms with Crippen LogP contribution in [0.4, 0.5) is 0 Å². The summed E-state index contributed by atoms with van der Waals surface area (Å²) in [4.78, 5) is 5.73. The van der Waals surface area contributed by atoms with Gasteiger partial charge < -0.3 is 10.6 Å². The first-order valence-electron chi connectivity index (χ1n) is 8.64. The number of rotatable bonds is 4. The summed E-state index contributed by atoms with van der Waals surface area (Å²) in [6.45, 7) is 7.32. The SMILES string of the molecule is CN=C(NCc1sccc1C)NC1CCc2cn(C(C)C)nc2C1. The van der Waals surface area contributed by atoms with Crippen LogP contribution < -0.4 is 10.6 Å². The first-order valence-corrected chi connectivity index (χ1v) is 9.52. The molecule has 5 nitrogen and oxygen atoms in total. The van der Waals surface area contributed by atoms with Gasteiger partial charge in [-0.25, -0.2) is 0 Å². The molecule has 0 spiro atoms. The van der Waals surface area contributed by atoms with Crippen LogP contribution in [0, 0.1) is 6.92 Å². The molecule has 0 amide bonds. The molecule has 2 heterocycles. The lowest BCUT2D eigenvalue weighted by molar-refractivity contribution is 0.499. The monoisotopic (exact) mass is 345 g/mol. The lowest BCUT2D eigenvalue weighted by Gasteiger charge is -2.24. The van der Waals surface area contributed by atoms with E-state index in [0.717, 1.165) is 31.8 Å². The summed E-state index contributed by atoms with van der Waals surface area (Å²) in [6.07, 6.45) is 5.38. The molecule has 1 unspecified atom stereocenters. The van der Waals surface area contributed by atoms with Crippen molar-refractivity contribution in [3.05, 3.63) is 39.3 Å². The Bertz CT molecular complexity index is 713. The van der Waals surface area contributed by atoms with Crippen LogP contribution in [0.1, 0.15) is 48.0 Å². The average molecular weight is 346 g/mol. The van der Waals surface area contributed by atoms with Gasteiger partial charge in [0.1, 0.15) is 0 Å². The number of nitrogens with zero attached hydrogens (tertiary/aromatic N) is 3. The number of nitrogens with one attached hydrogen (secondary N) is 2. The Hall–Kier alpha value is -1.82. The Morgan fingerprint density at radius 3 is 3.00 bits per heavy atom. The van der Waals surface area contributed by atoms with Gasteiger partial charge in [-0.05, 0) is 56.2 Å². The van der Waals surface area contributed by atoms with E-state index in [1.54, 1.807) is 11.3 Å². The quantitative estimate of drug-likeness (QED) is 0.661. The number of aromatic nitrogens is 2. The van der Waals surface area contributed by atoms with Crippen molar-refractivity contribution in [2.75, 3.05) is 7.05 Å². The maximum atomic E-state index is 4.75. The number of guanidine groups is 1. The van der Waals surface area contributed by atoms with Crippen LogP contribution in [0.2, 0.25) is 0 Å². The van der Waals surface area contributed by atoms with Crippen molar-refractivity contribution in [2.45, 2.75) is 58.7 Å². The summed E-state index contributed by atoms with van der Waals surface area (Å²) in [6, 6.07) is 2.97. The van der Waals surface area contributed by atoms with Crippen LogP contribution in [0.25, 0.3) is 0 Å². The molecule has 24 heavy (non-hydrogen) atoms. The number of aliphatic imine (C=N–C) groups is 1. The Kier molecular flexibility index (Phi) is 5.23. The van der Waals surface area contributed by atoms with Gasteiger partial charge in [-0.3, -0.25) is 9.67 Å². The fourth-order valence-electron chi connectivity index (χ4n) is 3.04. The van der Waals surface area contributed by atoms with E-state index in [1.807, 2.05) is 7.05 Å². The summed E-state index contributed by atoms with van der Waals surface area (Å²) in [7, 11) is 1.83. The maximum Gasteiger partial charge on any atom is 0.191 e. The highest BCUT2D eigenvalue weighted by atomic mass is 32.1. The van der Waals surface area contributed by atoms with Crippen molar-refractivity contribution in [3.63, 3.8) is 0 Å². The Balaban J connectivity index is 1.57. The third kappa shape index (κ3) is 3.80. The molecule has 0 bridgehead atoms. The van der Waals surface area contributed by atoms with Crippen LogP contribution in [0.15, 0.2) is 22.6 Å². The highest BCUT2D eigenvalue weighted by molar-refractivity contribution is 7.10. The third-order valence-electron chi connectivity index (χ3n) is 4.57. The smallest absolute Gasteiger partial charge is 0.191 e. The molecule has 2 N–H and O–H groups in total. The Morgan fingerprint density at radius 1 is 1.50 bits per heavy atom. The molecule has 0 saturated heterocycles. The molecular formula is C18H27N5S. The van der Waals surface area contributed by atoms with E-state index in [2.05, 4.69) is 58.7 Å². The first kappa shape index (κ1) is 17.0. The van der Waals surface area contributed by atoms with Crippen molar-refractivity contribution in [1.82, 2.24) is 20.4 Å². The van der Waals surface area contributed by atoms with E-state index in [-0.39, 0.29) is 0 Å². The lowest BCUT2D eigenvalue weighted by Crippen LogP contribution is -2.45. The second-order valence-electron chi connectivity index (χ2n) is 6.71. The van der Waals surface area contributed by atoms with Crippen molar-refractivity contribution >= 4 is 17.3 Å². The average Bonchev–Trinajstić information content (AvgIpc) is 3.17. The van der Waals surface area contributed by atoms with Crippen molar-refractivity contribution in [1.29, 1.82) is 0 Å². The molecule has 1 atom stereocenters. The molecule has 0 radical (unpaired) electrons. The number of hydrogen-bond donors (Lipinski definition) is 2. The first-order chi connectivity index (χ1) is 11.6. The summed E-state index contributed by atoms with van der Waals surface area (Å²) >= 11 is 1.79.